The molecule has 2 aliphatic heterocycles. The Hall–Kier alpha value is -2.86. The summed E-state index contributed by atoms with van der Waals surface area (Å²) in [6, 6.07) is 14.5. The molecule has 6 nitrogen and oxygen atoms in total. The maximum absolute atomic E-state index is 13.3. The van der Waals surface area contributed by atoms with Crippen LogP contribution in [0, 0.1) is 12.8 Å². The highest BCUT2D eigenvalue weighted by Crippen LogP contribution is 2.41. The predicted octanol–water partition coefficient (Wildman–Crippen LogP) is 4.25. The molecule has 2 fully saturated rings. The van der Waals surface area contributed by atoms with Crippen molar-refractivity contribution in [2.45, 2.75) is 64.5 Å². The van der Waals surface area contributed by atoms with E-state index < -0.39 is 6.10 Å². The molecular formula is C30H39N3O3. The van der Waals surface area contributed by atoms with Gasteiger partial charge in [-0.3, -0.25) is 9.59 Å². The van der Waals surface area contributed by atoms with E-state index in [0.717, 1.165) is 56.6 Å². The number of nitrogens with one attached hydrogen (secondary N) is 1. The summed E-state index contributed by atoms with van der Waals surface area (Å²) in [7, 11) is 0. The number of hydrogen-bond acceptors (Lipinski definition) is 4. The topological polar surface area (TPSA) is 61.9 Å². The summed E-state index contributed by atoms with van der Waals surface area (Å²) in [5, 5.41) is 3.07. The van der Waals surface area contributed by atoms with Crippen molar-refractivity contribution in [3.8, 4) is 5.75 Å². The number of nitrogens with zero attached hydrogens (tertiary/aromatic N) is 2. The quantitative estimate of drug-likeness (QED) is 0.572. The normalized spacial score (nSPS) is 20.6. The Labute approximate surface area is 215 Å². The Kier molecular flexibility index (Phi) is 7.61. The summed E-state index contributed by atoms with van der Waals surface area (Å²) >= 11 is 0. The van der Waals surface area contributed by atoms with Gasteiger partial charge in [0.1, 0.15) is 5.75 Å². The van der Waals surface area contributed by atoms with E-state index >= 15 is 0 Å². The van der Waals surface area contributed by atoms with Crippen LogP contribution in [-0.2, 0) is 16.0 Å². The van der Waals surface area contributed by atoms with Gasteiger partial charge in [-0.25, -0.2) is 0 Å². The molecule has 0 aromatic heterocycles. The Morgan fingerprint density at radius 2 is 1.89 bits per heavy atom. The van der Waals surface area contributed by atoms with Crippen molar-refractivity contribution < 1.29 is 14.3 Å². The van der Waals surface area contributed by atoms with Gasteiger partial charge in [-0.2, -0.15) is 0 Å². The van der Waals surface area contributed by atoms with Gasteiger partial charge in [-0.05, 0) is 87.4 Å². The average Bonchev–Trinajstić information content (AvgIpc) is 3.61. The number of hydrogen-bond donors (Lipinski definition) is 1. The lowest BCUT2D eigenvalue weighted by Crippen LogP contribution is -2.42. The van der Waals surface area contributed by atoms with Crippen molar-refractivity contribution >= 4 is 11.8 Å². The molecule has 2 heterocycles. The second kappa shape index (κ2) is 11.0. The first-order valence-electron chi connectivity index (χ1n) is 13.7. The largest absolute Gasteiger partial charge is 0.481 e. The molecule has 6 heteroatoms. The molecule has 0 radical (unpaired) electrons. The van der Waals surface area contributed by atoms with Crippen LogP contribution in [0.1, 0.15) is 67.3 Å². The van der Waals surface area contributed by atoms with Gasteiger partial charge < -0.3 is 19.9 Å². The Morgan fingerprint density at radius 3 is 2.61 bits per heavy atom. The van der Waals surface area contributed by atoms with Crippen molar-refractivity contribution in [2.75, 3.05) is 32.7 Å². The molecule has 2 aromatic carbocycles. The lowest BCUT2D eigenvalue weighted by atomic mass is 9.87. The molecule has 0 spiro atoms. The van der Waals surface area contributed by atoms with E-state index in [1.807, 2.05) is 13.0 Å². The number of carbonyl (C=O) groups is 2. The fourth-order valence-electron chi connectivity index (χ4n) is 5.61. The van der Waals surface area contributed by atoms with Crippen LogP contribution in [0.5, 0.6) is 5.75 Å². The zero-order valence-corrected chi connectivity index (χ0v) is 21.7. The predicted molar refractivity (Wildman–Crippen MR) is 141 cm³/mol. The van der Waals surface area contributed by atoms with Crippen molar-refractivity contribution in [2.24, 2.45) is 5.92 Å². The highest BCUT2D eigenvalue weighted by molar-refractivity contribution is 5.82. The summed E-state index contributed by atoms with van der Waals surface area (Å²) in [5.41, 5.74) is 4.68. The molecule has 3 aliphatic rings. The van der Waals surface area contributed by atoms with Gasteiger partial charge in [0.15, 0.2) is 6.10 Å². The van der Waals surface area contributed by atoms with Gasteiger partial charge in [0.25, 0.3) is 5.91 Å². The molecule has 2 unspecified atom stereocenters. The number of amides is 2. The number of fused-ring (bicyclic) bond motifs is 1. The van der Waals surface area contributed by atoms with Crippen LogP contribution >= 0.6 is 0 Å². The van der Waals surface area contributed by atoms with Crippen LogP contribution in [0.3, 0.4) is 0 Å². The standard InChI is InChI=1S/C30H39N3O3/c1-3-27(29(34)31-14-18-32-15-4-5-16-32)36-25-12-11-22-13-17-33(30(35)23-9-10-23)28(26(22)20-25)24-8-6-7-21(2)19-24/h6-8,11-12,19-20,23,27-28H,3-5,9-10,13-18H2,1-2H3,(H,31,34). The van der Waals surface area contributed by atoms with Crippen LogP contribution in [-0.4, -0.2) is 60.4 Å². The van der Waals surface area contributed by atoms with Gasteiger partial charge >= 0.3 is 0 Å². The van der Waals surface area contributed by atoms with Gasteiger partial charge in [0.05, 0.1) is 6.04 Å². The number of ether oxygens (including phenoxy) is 1. The monoisotopic (exact) mass is 489 g/mol. The van der Waals surface area contributed by atoms with Crippen molar-refractivity contribution in [1.29, 1.82) is 0 Å². The zero-order chi connectivity index (χ0) is 25.1. The minimum Gasteiger partial charge on any atom is -0.481 e. The van der Waals surface area contributed by atoms with E-state index in [1.54, 1.807) is 0 Å². The van der Waals surface area contributed by atoms with Crippen LogP contribution < -0.4 is 10.1 Å². The average molecular weight is 490 g/mol. The zero-order valence-electron chi connectivity index (χ0n) is 21.7. The molecule has 192 valence electrons. The number of aryl methyl sites for hydroxylation is 1. The molecular weight excluding hydrogens is 450 g/mol. The molecule has 1 N–H and O–H groups in total. The van der Waals surface area contributed by atoms with Gasteiger partial charge in [-0.15, -0.1) is 0 Å². The fourth-order valence-corrected chi connectivity index (χ4v) is 5.61. The van der Waals surface area contributed by atoms with E-state index in [2.05, 4.69) is 58.4 Å². The van der Waals surface area contributed by atoms with Gasteiger partial charge in [0.2, 0.25) is 5.91 Å². The first kappa shape index (κ1) is 24.8. The summed E-state index contributed by atoms with van der Waals surface area (Å²) < 4.78 is 6.25. The number of carbonyl (C=O) groups excluding carboxylic acids is 2. The van der Waals surface area contributed by atoms with Crippen molar-refractivity contribution in [1.82, 2.24) is 15.1 Å². The fraction of sp³-hybridized carbons (Fsp3) is 0.533. The Balaban J connectivity index is 1.34. The molecule has 2 atom stereocenters. The minimum atomic E-state index is -0.535. The second-order valence-electron chi connectivity index (χ2n) is 10.6. The summed E-state index contributed by atoms with van der Waals surface area (Å²) in [4.78, 5) is 30.6. The van der Waals surface area contributed by atoms with E-state index in [9.17, 15) is 9.59 Å². The number of rotatable bonds is 9. The van der Waals surface area contributed by atoms with Crippen LogP contribution in [0.4, 0.5) is 0 Å². The lowest BCUT2D eigenvalue weighted by Gasteiger charge is -2.38. The number of likely N-dealkylation sites (tertiary alicyclic amines) is 1. The minimum absolute atomic E-state index is 0.0600. The lowest BCUT2D eigenvalue weighted by molar-refractivity contribution is -0.134. The van der Waals surface area contributed by atoms with E-state index in [-0.39, 0.29) is 23.8 Å². The van der Waals surface area contributed by atoms with Gasteiger partial charge in [-0.1, -0.05) is 42.8 Å². The molecule has 1 aliphatic carbocycles. The van der Waals surface area contributed by atoms with Crippen LogP contribution in [0.25, 0.3) is 0 Å². The van der Waals surface area contributed by atoms with Crippen LogP contribution in [0.15, 0.2) is 42.5 Å². The van der Waals surface area contributed by atoms with E-state index in [4.69, 9.17) is 4.74 Å². The molecule has 36 heavy (non-hydrogen) atoms. The highest BCUT2D eigenvalue weighted by Gasteiger charge is 2.39. The summed E-state index contributed by atoms with van der Waals surface area (Å²) in [6.07, 6.45) is 5.39. The third-order valence-electron chi connectivity index (χ3n) is 7.78. The SMILES string of the molecule is CCC(Oc1ccc2c(c1)C(c1cccc(C)c1)N(C(=O)C1CC1)CC2)C(=O)NCCN1CCCC1. The molecule has 1 saturated carbocycles. The highest BCUT2D eigenvalue weighted by atomic mass is 16.5. The third-order valence-corrected chi connectivity index (χ3v) is 7.78. The second-order valence-corrected chi connectivity index (χ2v) is 10.6. The molecule has 2 aromatic rings. The van der Waals surface area contributed by atoms with E-state index in [0.29, 0.717) is 18.7 Å². The Bertz CT molecular complexity index is 1090. The van der Waals surface area contributed by atoms with Crippen molar-refractivity contribution in [3.05, 3.63) is 64.7 Å². The van der Waals surface area contributed by atoms with Crippen LogP contribution in [0.2, 0.25) is 0 Å². The summed E-state index contributed by atoms with van der Waals surface area (Å²) in [6.45, 7) is 8.60. The third kappa shape index (κ3) is 5.59. The van der Waals surface area contributed by atoms with Gasteiger partial charge in [0, 0.05) is 25.6 Å². The first-order chi connectivity index (χ1) is 17.5. The maximum Gasteiger partial charge on any atom is 0.261 e. The first-order valence-corrected chi connectivity index (χ1v) is 13.7. The van der Waals surface area contributed by atoms with Crippen molar-refractivity contribution in [3.63, 3.8) is 0 Å². The smallest absolute Gasteiger partial charge is 0.261 e. The molecule has 1 saturated heterocycles. The molecule has 2 amide bonds. The molecule has 0 bridgehead atoms. The Morgan fingerprint density at radius 1 is 1.08 bits per heavy atom. The molecule has 5 rings (SSSR count). The summed E-state index contributed by atoms with van der Waals surface area (Å²) in [5.74, 6) is 1.07. The van der Waals surface area contributed by atoms with E-state index in [1.165, 1.54) is 24.0 Å². The number of benzene rings is 2. The maximum atomic E-state index is 13.3.